The molecule has 16 heteroatoms. The van der Waals surface area contributed by atoms with Gasteiger partial charge < -0.3 is 40.5 Å². The summed E-state index contributed by atoms with van der Waals surface area (Å²) in [5.41, 5.74) is 0. The Bertz CT molecular complexity index is 734. The third-order valence-electron chi connectivity index (χ3n) is 4.55. The molecule has 0 aromatic heterocycles. The van der Waals surface area contributed by atoms with Crippen LogP contribution in [-0.2, 0) is 34.0 Å². The number of carbonyl (C=O) groups is 3. The molecule has 0 saturated heterocycles. The van der Waals surface area contributed by atoms with Gasteiger partial charge in [0.2, 0.25) is 5.91 Å². The van der Waals surface area contributed by atoms with Gasteiger partial charge in [-0.25, -0.2) is 0 Å². The molecule has 7 N–H and O–H groups in total. The highest BCUT2D eigenvalue weighted by atomic mass is 32.2. The molecule has 0 heterocycles. The van der Waals surface area contributed by atoms with Crippen LogP contribution in [0.1, 0.15) is 26.2 Å². The first-order valence-corrected chi connectivity index (χ1v) is 13.1. The fourth-order valence-corrected chi connectivity index (χ4v) is 3.49. The minimum Gasteiger partial charge on any atom is -0.480 e. The number of hydrogen-bond acceptors (Lipinski definition) is 11. The highest BCUT2D eigenvalue weighted by Crippen LogP contribution is 2.07. The van der Waals surface area contributed by atoms with Crippen molar-refractivity contribution in [3.63, 3.8) is 0 Å². The highest BCUT2D eigenvalue weighted by molar-refractivity contribution is 7.85. The number of rotatable bonds is 23. The Hall–Kier alpha value is -1.92. The van der Waals surface area contributed by atoms with Crippen molar-refractivity contribution in [1.82, 2.24) is 15.5 Å². The predicted octanol–water partition coefficient (Wildman–Crippen LogP) is -2.63. The van der Waals surface area contributed by atoms with E-state index in [1.807, 2.05) is 0 Å². The summed E-state index contributed by atoms with van der Waals surface area (Å²) in [6.45, 7) is 1.67. The van der Waals surface area contributed by atoms with Crippen LogP contribution >= 0.6 is 0 Å². The Kier molecular flexibility index (Phi) is 18.2. The maximum absolute atomic E-state index is 12.5. The van der Waals surface area contributed by atoms with Crippen molar-refractivity contribution in [3.8, 4) is 0 Å². The zero-order chi connectivity index (χ0) is 27.6. The Labute approximate surface area is 210 Å². The van der Waals surface area contributed by atoms with Gasteiger partial charge in [-0.1, -0.05) is 0 Å². The Morgan fingerprint density at radius 3 is 2.00 bits per heavy atom. The second kappa shape index (κ2) is 19.2. The number of nitrogens with zero attached hydrogens (tertiary/aromatic N) is 1. The number of amides is 1. The van der Waals surface area contributed by atoms with Gasteiger partial charge in [0.15, 0.2) is 0 Å². The molecule has 0 aromatic rings. The van der Waals surface area contributed by atoms with Gasteiger partial charge >= 0.3 is 11.9 Å². The maximum Gasteiger partial charge on any atom is 0.317 e. The molecule has 1 amide bonds. The standard InChI is InChI=1S/C20H39N3O12S/c1-15(24)13-34-7-2-3-8-35-14-16(25)10-21-5-6-22-20(30)17(4-9-36(31,32)33)23(11-18(26)27)12-19(28)29/h15-17,21,24-25H,2-14H2,1H3,(H,22,30)(H,26,27)(H,28,29)(H,31,32,33). The molecule has 15 nitrogen and oxygen atoms in total. The zero-order valence-corrected chi connectivity index (χ0v) is 21.2. The van der Waals surface area contributed by atoms with Crippen LogP contribution < -0.4 is 10.6 Å². The maximum atomic E-state index is 12.5. The van der Waals surface area contributed by atoms with E-state index in [2.05, 4.69) is 10.6 Å². The number of carbonyl (C=O) groups excluding carboxylic acids is 1. The van der Waals surface area contributed by atoms with Crippen molar-refractivity contribution < 1.29 is 57.3 Å². The number of hydrogen-bond donors (Lipinski definition) is 7. The zero-order valence-electron chi connectivity index (χ0n) is 20.4. The Balaban J connectivity index is 4.36. The largest absolute Gasteiger partial charge is 0.480 e. The number of aliphatic carboxylic acids is 2. The number of carboxylic acids is 2. The summed E-state index contributed by atoms with van der Waals surface area (Å²) in [5, 5.41) is 42.3. The van der Waals surface area contributed by atoms with Gasteiger partial charge in [0.05, 0.1) is 50.3 Å². The van der Waals surface area contributed by atoms with E-state index in [-0.39, 0.29) is 32.8 Å². The molecule has 3 atom stereocenters. The van der Waals surface area contributed by atoms with E-state index >= 15 is 0 Å². The molecule has 0 aliphatic carbocycles. The fraction of sp³-hybridized carbons (Fsp3) is 0.850. The number of aliphatic hydroxyl groups is 2. The van der Waals surface area contributed by atoms with Gasteiger partial charge in [-0.15, -0.1) is 0 Å². The first-order valence-electron chi connectivity index (χ1n) is 11.4. The first kappa shape index (κ1) is 34.1. The molecule has 0 aliphatic heterocycles. The number of ether oxygens (including phenoxy) is 2. The van der Waals surface area contributed by atoms with Gasteiger partial charge in [0, 0.05) is 32.8 Å². The van der Waals surface area contributed by atoms with Crippen LogP contribution in [-0.4, -0.2) is 139 Å². The molecule has 0 saturated carbocycles. The average Bonchev–Trinajstić information content (AvgIpc) is 2.73. The molecule has 0 radical (unpaired) electrons. The van der Waals surface area contributed by atoms with E-state index in [1.165, 1.54) is 0 Å². The molecular weight excluding hydrogens is 506 g/mol. The second-order valence-corrected chi connectivity index (χ2v) is 9.71. The quantitative estimate of drug-likeness (QED) is 0.0514. The normalized spacial score (nSPS) is 14.4. The van der Waals surface area contributed by atoms with E-state index in [0.717, 1.165) is 17.7 Å². The Morgan fingerprint density at radius 1 is 0.944 bits per heavy atom. The lowest BCUT2D eigenvalue weighted by Gasteiger charge is -2.27. The minimum absolute atomic E-state index is 0.0230. The SMILES string of the molecule is CC(O)COCCCCOCC(O)CNCCNC(=O)C(CCS(=O)(=O)O)N(CC(=O)O)CC(=O)O. The van der Waals surface area contributed by atoms with E-state index in [1.54, 1.807) is 6.92 Å². The predicted molar refractivity (Wildman–Crippen MR) is 126 cm³/mol. The van der Waals surface area contributed by atoms with Crippen LogP contribution in [0, 0.1) is 0 Å². The Morgan fingerprint density at radius 2 is 1.50 bits per heavy atom. The van der Waals surface area contributed by atoms with E-state index in [4.69, 9.17) is 29.3 Å². The molecule has 36 heavy (non-hydrogen) atoms. The van der Waals surface area contributed by atoms with Crippen molar-refractivity contribution in [3.05, 3.63) is 0 Å². The van der Waals surface area contributed by atoms with Crippen LogP contribution in [0.3, 0.4) is 0 Å². The molecule has 0 bridgehead atoms. The van der Waals surface area contributed by atoms with Crippen molar-refractivity contribution in [2.45, 2.75) is 44.4 Å². The third kappa shape index (κ3) is 20.3. The molecule has 0 aliphatic rings. The fourth-order valence-electron chi connectivity index (χ4n) is 2.96. The van der Waals surface area contributed by atoms with Gasteiger partial charge in [0.25, 0.3) is 10.1 Å². The first-order chi connectivity index (χ1) is 16.8. The van der Waals surface area contributed by atoms with Crippen LogP contribution in [0.25, 0.3) is 0 Å². The number of nitrogens with one attached hydrogen (secondary N) is 2. The van der Waals surface area contributed by atoms with Gasteiger partial charge in [0.1, 0.15) is 0 Å². The number of carboxylic acid groups (broad SMARTS) is 2. The van der Waals surface area contributed by atoms with E-state index < -0.39 is 71.5 Å². The molecule has 0 fully saturated rings. The minimum atomic E-state index is -4.47. The average molecular weight is 546 g/mol. The summed E-state index contributed by atoms with van der Waals surface area (Å²) in [6.07, 6.45) is -0.349. The van der Waals surface area contributed by atoms with Crippen molar-refractivity contribution in [1.29, 1.82) is 0 Å². The number of aliphatic hydroxyl groups excluding tert-OH is 2. The summed E-state index contributed by atoms with van der Waals surface area (Å²) in [7, 11) is -4.47. The number of unbranched alkanes of at least 4 members (excludes halogenated alkanes) is 1. The van der Waals surface area contributed by atoms with Crippen LogP contribution in [0.2, 0.25) is 0 Å². The van der Waals surface area contributed by atoms with Crippen molar-refractivity contribution >= 4 is 28.0 Å². The van der Waals surface area contributed by atoms with Crippen molar-refractivity contribution in [2.75, 3.05) is 64.9 Å². The van der Waals surface area contributed by atoms with Crippen LogP contribution in [0.5, 0.6) is 0 Å². The lowest BCUT2D eigenvalue weighted by atomic mass is 10.1. The molecule has 0 aromatic carbocycles. The lowest BCUT2D eigenvalue weighted by Crippen LogP contribution is -2.52. The smallest absolute Gasteiger partial charge is 0.317 e. The monoisotopic (exact) mass is 545 g/mol. The summed E-state index contributed by atoms with van der Waals surface area (Å²) in [4.78, 5) is 35.5. The molecular formula is C20H39N3O12S. The summed E-state index contributed by atoms with van der Waals surface area (Å²) in [5.74, 6) is -4.49. The molecule has 0 rings (SSSR count). The molecule has 3 unspecified atom stereocenters. The lowest BCUT2D eigenvalue weighted by molar-refractivity contribution is -0.144. The van der Waals surface area contributed by atoms with Crippen molar-refractivity contribution in [2.24, 2.45) is 0 Å². The summed E-state index contributed by atoms with van der Waals surface area (Å²) >= 11 is 0. The summed E-state index contributed by atoms with van der Waals surface area (Å²) in [6, 6.07) is -1.42. The highest BCUT2D eigenvalue weighted by Gasteiger charge is 2.30. The third-order valence-corrected chi connectivity index (χ3v) is 5.30. The van der Waals surface area contributed by atoms with Gasteiger partial charge in [-0.3, -0.25) is 23.8 Å². The molecule has 0 spiro atoms. The van der Waals surface area contributed by atoms with Gasteiger partial charge in [-0.05, 0) is 26.2 Å². The summed E-state index contributed by atoms with van der Waals surface area (Å²) < 4.78 is 41.7. The van der Waals surface area contributed by atoms with E-state index in [9.17, 15) is 27.9 Å². The topological polar surface area (TPSA) is 232 Å². The van der Waals surface area contributed by atoms with Gasteiger partial charge in [-0.2, -0.15) is 8.42 Å². The van der Waals surface area contributed by atoms with Crippen LogP contribution in [0.15, 0.2) is 0 Å². The molecule has 212 valence electrons. The second-order valence-electron chi connectivity index (χ2n) is 8.14. The van der Waals surface area contributed by atoms with E-state index in [0.29, 0.717) is 13.2 Å². The van der Waals surface area contributed by atoms with Crippen LogP contribution in [0.4, 0.5) is 0 Å².